The molecule has 0 N–H and O–H groups in total. The van der Waals surface area contributed by atoms with Gasteiger partial charge in [-0.05, 0) is 29.6 Å². The van der Waals surface area contributed by atoms with Gasteiger partial charge in [-0.1, -0.05) is 92.7 Å². The van der Waals surface area contributed by atoms with Gasteiger partial charge >= 0.3 is 0 Å². The van der Waals surface area contributed by atoms with Crippen LogP contribution in [0.15, 0.2) is 125 Å². The highest BCUT2D eigenvalue weighted by molar-refractivity contribution is 7.83. The number of fused-ring (bicyclic) bond motifs is 1. The van der Waals surface area contributed by atoms with Crippen molar-refractivity contribution in [2.75, 3.05) is 11.9 Å². The van der Waals surface area contributed by atoms with Gasteiger partial charge in [-0.2, -0.15) is 0 Å². The van der Waals surface area contributed by atoms with Crippen LogP contribution < -0.4 is 15.5 Å². The molecule has 36 heavy (non-hydrogen) atoms. The van der Waals surface area contributed by atoms with Gasteiger partial charge in [-0.3, -0.25) is 14.9 Å². The van der Waals surface area contributed by atoms with Crippen molar-refractivity contribution in [3.05, 3.63) is 136 Å². The molecule has 4 aromatic rings. The Morgan fingerprint density at radius 2 is 1.33 bits per heavy atom. The Kier molecular flexibility index (Phi) is 6.11. The van der Waals surface area contributed by atoms with Crippen LogP contribution in [-0.2, 0) is 5.41 Å². The zero-order valence-corrected chi connectivity index (χ0v) is 21.5. The molecule has 1 heterocycles. The molecule has 0 saturated heterocycles. The average Bonchev–Trinajstić information content (AvgIpc) is 3.10. The molecule has 1 aliphatic rings. The quantitative estimate of drug-likeness (QED) is 0.166. The van der Waals surface area contributed by atoms with Crippen molar-refractivity contribution in [2.45, 2.75) is 19.3 Å². The first-order valence-corrected chi connectivity index (χ1v) is 13.7. The number of non-ortho nitro benzene ring substituents is 1. The molecule has 0 amide bonds. The van der Waals surface area contributed by atoms with E-state index in [1.165, 1.54) is 29.1 Å². The average molecular weight is 494 g/mol. The van der Waals surface area contributed by atoms with Crippen LogP contribution in [-0.4, -0.2) is 12.0 Å². The molecule has 0 spiro atoms. The third-order valence-corrected chi connectivity index (χ3v) is 10.2. The largest absolute Gasteiger partial charge is 0.347 e. The molecule has 0 atom stereocenters. The fraction of sp³-hybridized carbons (Fsp3) is 0.133. The van der Waals surface area contributed by atoms with E-state index in [-0.39, 0.29) is 16.0 Å². The molecule has 4 aromatic carbocycles. The normalized spacial score (nSPS) is 15.5. The molecule has 0 fully saturated rings. The number of para-hydroxylation sites is 1. The Labute approximate surface area is 211 Å². The minimum absolute atomic E-state index is 0.0581. The van der Waals surface area contributed by atoms with Crippen LogP contribution in [0.4, 0.5) is 17.1 Å². The number of rotatable bonds is 5. The summed E-state index contributed by atoms with van der Waals surface area (Å²) in [5.74, 6) is 2.37. The molecule has 0 saturated carbocycles. The fourth-order valence-corrected chi connectivity index (χ4v) is 8.47. The zero-order chi connectivity index (χ0) is 25.3. The first kappa shape index (κ1) is 23.8. The summed E-state index contributed by atoms with van der Waals surface area (Å²) < 4.78 is 5.44. The Balaban J connectivity index is 1.84. The van der Waals surface area contributed by atoms with Gasteiger partial charge in [0.1, 0.15) is 0 Å². The maximum absolute atomic E-state index is 11.3. The number of nitro benzene ring substituents is 1. The van der Waals surface area contributed by atoms with Gasteiger partial charge < -0.3 is 4.90 Å². The Morgan fingerprint density at radius 1 is 0.806 bits per heavy atom. The minimum atomic E-state index is -2.51. The summed E-state index contributed by atoms with van der Waals surface area (Å²) >= 11 is 0. The van der Waals surface area contributed by atoms with E-state index in [1.54, 1.807) is 12.1 Å². The lowest BCUT2D eigenvalue weighted by Crippen LogP contribution is -2.25. The number of benzene rings is 4. The van der Waals surface area contributed by atoms with Gasteiger partial charge in [0.2, 0.25) is 0 Å². The molecule has 5 rings (SSSR count). The standard InChI is InChI=1S/C30H28N3O2P/c1-30(2)27-16-10-11-17-28(27)32(3)29(30)22-36(25-12-6-4-7-13-25,26-14-8-5-9-15-26)31-23-18-20-24(21-19-23)33(34)35/h4-22H,1-3H3. The summed E-state index contributed by atoms with van der Waals surface area (Å²) in [6.45, 7) is 4.52. The molecule has 0 aromatic heterocycles. The lowest BCUT2D eigenvalue weighted by atomic mass is 9.84. The molecular weight excluding hydrogens is 465 g/mol. The Bertz CT molecular complexity index is 1450. The minimum Gasteiger partial charge on any atom is -0.347 e. The summed E-state index contributed by atoms with van der Waals surface area (Å²) in [4.78, 5) is 13.2. The zero-order valence-electron chi connectivity index (χ0n) is 20.6. The second kappa shape index (κ2) is 9.25. The van der Waals surface area contributed by atoms with Crippen LogP contribution in [0.3, 0.4) is 0 Å². The molecule has 0 radical (unpaired) electrons. The van der Waals surface area contributed by atoms with Crippen LogP contribution in [0, 0.1) is 10.1 Å². The van der Waals surface area contributed by atoms with Gasteiger partial charge in [0, 0.05) is 46.6 Å². The smallest absolute Gasteiger partial charge is 0.269 e. The van der Waals surface area contributed by atoms with Crippen LogP contribution in [0.1, 0.15) is 19.4 Å². The highest BCUT2D eigenvalue weighted by atomic mass is 31.2. The van der Waals surface area contributed by atoms with E-state index in [4.69, 9.17) is 4.74 Å². The van der Waals surface area contributed by atoms with E-state index in [0.29, 0.717) is 0 Å². The predicted molar refractivity (Wildman–Crippen MR) is 150 cm³/mol. The summed E-state index contributed by atoms with van der Waals surface area (Å²) in [6.07, 6.45) is 0. The van der Waals surface area contributed by atoms with E-state index in [0.717, 1.165) is 16.3 Å². The maximum atomic E-state index is 11.3. The summed E-state index contributed by atoms with van der Waals surface area (Å²) in [5.41, 5.74) is 4.23. The lowest BCUT2D eigenvalue weighted by molar-refractivity contribution is -0.384. The second-order valence-corrected chi connectivity index (χ2v) is 12.3. The van der Waals surface area contributed by atoms with Gasteiger partial charge in [-0.15, -0.1) is 0 Å². The highest BCUT2D eigenvalue weighted by Gasteiger charge is 2.40. The Morgan fingerprint density at radius 3 is 1.86 bits per heavy atom. The van der Waals surface area contributed by atoms with Crippen LogP contribution in [0.2, 0.25) is 0 Å². The fourth-order valence-electron chi connectivity index (χ4n) is 4.98. The van der Waals surface area contributed by atoms with Crippen molar-refractivity contribution < 1.29 is 4.92 Å². The molecule has 180 valence electrons. The molecule has 0 unspecified atom stereocenters. The molecule has 0 bridgehead atoms. The second-order valence-electron chi connectivity index (χ2n) is 9.45. The first-order valence-electron chi connectivity index (χ1n) is 11.9. The van der Waals surface area contributed by atoms with E-state index < -0.39 is 7.05 Å². The van der Waals surface area contributed by atoms with E-state index in [9.17, 15) is 10.1 Å². The third kappa shape index (κ3) is 4.06. The van der Waals surface area contributed by atoms with Gasteiger partial charge in [0.25, 0.3) is 5.69 Å². The van der Waals surface area contributed by atoms with Gasteiger partial charge in [0.15, 0.2) is 0 Å². The van der Waals surface area contributed by atoms with Gasteiger partial charge in [0.05, 0.1) is 17.7 Å². The number of nitrogens with zero attached hydrogens (tertiary/aromatic N) is 3. The van der Waals surface area contributed by atoms with Crippen molar-refractivity contribution in [2.24, 2.45) is 4.74 Å². The molecule has 5 nitrogen and oxygen atoms in total. The number of hydrogen-bond donors (Lipinski definition) is 0. The predicted octanol–water partition coefficient (Wildman–Crippen LogP) is 7.35. The molecule has 1 aliphatic heterocycles. The lowest BCUT2D eigenvalue weighted by Gasteiger charge is -2.30. The number of likely N-dealkylation sites (N-methyl/N-ethyl adjacent to an activating group) is 1. The van der Waals surface area contributed by atoms with Gasteiger partial charge in [-0.25, -0.2) is 0 Å². The summed E-state index contributed by atoms with van der Waals surface area (Å²) in [6, 6.07) is 35.9. The van der Waals surface area contributed by atoms with E-state index in [2.05, 4.69) is 104 Å². The van der Waals surface area contributed by atoms with Crippen molar-refractivity contribution in [1.82, 2.24) is 0 Å². The topological polar surface area (TPSA) is 58.7 Å². The third-order valence-electron chi connectivity index (χ3n) is 6.88. The van der Waals surface area contributed by atoms with E-state index in [1.807, 2.05) is 12.1 Å². The number of nitro groups is 1. The van der Waals surface area contributed by atoms with Crippen LogP contribution in [0.25, 0.3) is 0 Å². The Hall–Kier alpha value is -3.95. The van der Waals surface area contributed by atoms with Crippen molar-refractivity contribution in [3.63, 3.8) is 0 Å². The highest BCUT2D eigenvalue weighted by Crippen LogP contribution is 2.57. The van der Waals surface area contributed by atoms with E-state index >= 15 is 0 Å². The van der Waals surface area contributed by atoms with Crippen LogP contribution >= 0.6 is 7.05 Å². The number of hydrogen-bond acceptors (Lipinski definition) is 4. The number of anilines is 1. The molecular formula is C30H28N3O2P. The molecule has 0 aliphatic carbocycles. The van der Waals surface area contributed by atoms with Crippen molar-refractivity contribution >= 4 is 34.7 Å². The van der Waals surface area contributed by atoms with Crippen molar-refractivity contribution in [3.8, 4) is 0 Å². The summed E-state index contributed by atoms with van der Waals surface area (Å²) in [7, 11) is -0.384. The summed E-state index contributed by atoms with van der Waals surface area (Å²) in [5, 5.41) is 13.5. The SMILES string of the molecule is CN1C(=CP(=Nc2ccc([N+](=O)[O-])cc2)(c2ccccc2)c2ccccc2)C(C)(C)c2ccccc21. The first-order chi connectivity index (χ1) is 17.3. The molecule has 6 heteroatoms. The van der Waals surface area contributed by atoms with Crippen molar-refractivity contribution in [1.29, 1.82) is 0 Å². The maximum Gasteiger partial charge on any atom is 0.269 e. The monoisotopic (exact) mass is 493 g/mol. The number of allylic oxidation sites excluding steroid dienone is 1. The van der Waals surface area contributed by atoms with Crippen LogP contribution in [0.5, 0.6) is 0 Å².